The number of nitrogens with zero attached hydrogens (tertiary/aromatic N) is 3. The lowest BCUT2D eigenvalue weighted by molar-refractivity contribution is 0.281. The Labute approximate surface area is 112 Å². The molecule has 19 heavy (non-hydrogen) atoms. The van der Waals surface area contributed by atoms with Gasteiger partial charge in [-0.25, -0.2) is 9.97 Å². The molecule has 1 atom stereocenters. The summed E-state index contributed by atoms with van der Waals surface area (Å²) in [6.45, 7) is 4.02. The van der Waals surface area contributed by atoms with Gasteiger partial charge in [0.1, 0.15) is 5.82 Å². The molecule has 0 saturated heterocycles. The van der Waals surface area contributed by atoms with Crippen molar-refractivity contribution in [3.05, 3.63) is 36.3 Å². The molecule has 2 aromatic heterocycles. The zero-order valence-electron chi connectivity index (χ0n) is 11.2. The minimum Gasteiger partial charge on any atom is -0.394 e. The Morgan fingerprint density at radius 3 is 2.63 bits per heavy atom. The molecule has 2 heterocycles. The predicted molar refractivity (Wildman–Crippen MR) is 74.8 cm³/mol. The summed E-state index contributed by atoms with van der Waals surface area (Å²) in [5, 5.41) is 12.3. The Morgan fingerprint density at radius 1 is 1.26 bits per heavy atom. The molecule has 1 unspecified atom stereocenters. The molecule has 100 valence electrons. The van der Waals surface area contributed by atoms with Crippen LogP contribution in [0.4, 0.5) is 5.82 Å². The number of aliphatic hydroxyl groups excluding tert-OH is 1. The predicted octanol–water partition coefficient (Wildman–Crippen LogP) is 1.89. The molecule has 0 radical (unpaired) electrons. The number of aryl methyl sites for hydroxylation is 1. The van der Waals surface area contributed by atoms with Crippen molar-refractivity contribution in [2.24, 2.45) is 0 Å². The van der Waals surface area contributed by atoms with Crippen LogP contribution in [0.2, 0.25) is 0 Å². The minimum atomic E-state index is -0.0371. The summed E-state index contributed by atoms with van der Waals surface area (Å²) in [6, 6.07) is 5.64. The highest BCUT2D eigenvalue weighted by molar-refractivity contribution is 5.56. The largest absolute Gasteiger partial charge is 0.394 e. The van der Waals surface area contributed by atoms with Crippen LogP contribution in [0.1, 0.15) is 19.5 Å². The molecule has 0 aliphatic rings. The van der Waals surface area contributed by atoms with Gasteiger partial charge in [0.15, 0.2) is 5.82 Å². The van der Waals surface area contributed by atoms with E-state index < -0.39 is 0 Å². The molecule has 0 amide bonds. The van der Waals surface area contributed by atoms with Crippen molar-refractivity contribution in [1.82, 2.24) is 15.0 Å². The second kappa shape index (κ2) is 6.24. The Hall–Kier alpha value is -2.01. The number of pyridine rings is 1. The lowest BCUT2D eigenvalue weighted by Gasteiger charge is -2.13. The van der Waals surface area contributed by atoms with E-state index >= 15 is 0 Å². The summed E-state index contributed by atoms with van der Waals surface area (Å²) in [4.78, 5) is 13.0. The number of hydrogen-bond donors (Lipinski definition) is 2. The maximum Gasteiger partial charge on any atom is 0.161 e. The first kappa shape index (κ1) is 13.4. The average Bonchev–Trinajstić information content (AvgIpc) is 2.47. The molecule has 2 rings (SSSR count). The zero-order chi connectivity index (χ0) is 13.7. The van der Waals surface area contributed by atoms with Crippen LogP contribution in [-0.4, -0.2) is 32.7 Å². The fourth-order valence-electron chi connectivity index (χ4n) is 1.68. The zero-order valence-corrected chi connectivity index (χ0v) is 11.2. The van der Waals surface area contributed by atoms with E-state index in [1.165, 1.54) is 0 Å². The first-order chi connectivity index (χ1) is 9.22. The molecule has 5 heteroatoms. The number of aliphatic hydroxyl groups is 1. The minimum absolute atomic E-state index is 0.0371. The van der Waals surface area contributed by atoms with E-state index in [1.54, 1.807) is 12.4 Å². The smallest absolute Gasteiger partial charge is 0.161 e. The van der Waals surface area contributed by atoms with Crippen molar-refractivity contribution < 1.29 is 5.11 Å². The van der Waals surface area contributed by atoms with Gasteiger partial charge in [0.25, 0.3) is 0 Å². The Kier molecular flexibility index (Phi) is 4.41. The van der Waals surface area contributed by atoms with Crippen LogP contribution < -0.4 is 5.32 Å². The standard InChI is InChI=1S/C14H18N4O/c1-3-12-8-13(16-10(2)9-19)18-14(17-12)11-4-6-15-7-5-11/h4-8,10,19H,3,9H2,1-2H3,(H,16,17,18). The number of nitrogens with one attached hydrogen (secondary N) is 1. The third kappa shape index (κ3) is 3.48. The number of anilines is 1. The number of rotatable bonds is 5. The normalized spacial score (nSPS) is 12.2. The van der Waals surface area contributed by atoms with Gasteiger partial charge in [0.2, 0.25) is 0 Å². The highest BCUT2D eigenvalue weighted by Crippen LogP contribution is 2.17. The highest BCUT2D eigenvalue weighted by Gasteiger charge is 2.08. The SMILES string of the molecule is CCc1cc(NC(C)CO)nc(-c2ccncc2)n1. The van der Waals surface area contributed by atoms with Crippen LogP contribution >= 0.6 is 0 Å². The number of aromatic nitrogens is 3. The van der Waals surface area contributed by atoms with Gasteiger partial charge in [-0.3, -0.25) is 4.98 Å². The van der Waals surface area contributed by atoms with Crippen LogP contribution in [0.3, 0.4) is 0 Å². The summed E-state index contributed by atoms with van der Waals surface area (Å²) in [7, 11) is 0. The number of hydrogen-bond acceptors (Lipinski definition) is 5. The van der Waals surface area contributed by atoms with Crippen LogP contribution in [-0.2, 0) is 6.42 Å². The fraction of sp³-hybridized carbons (Fsp3) is 0.357. The van der Waals surface area contributed by atoms with Gasteiger partial charge in [-0.15, -0.1) is 0 Å². The molecular weight excluding hydrogens is 240 g/mol. The van der Waals surface area contributed by atoms with Crippen molar-refractivity contribution >= 4 is 5.82 Å². The van der Waals surface area contributed by atoms with Crippen molar-refractivity contribution in [2.45, 2.75) is 26.3 Å². The van der Waals surface area contributed by atoms with Crippen LogP contribution in [0.25, 0.3) is 11.4 Å². The van der Waals surface area contributed by atoms with Crippen molar-refractivity contribution in [1.29, 1.82) is 0 Å². The molecule has 0 fully saturated rings. The third-order valence-corrected chi connectivity index (χ3v) is 2.75. The molecule has 2 N–H and O–H groups in total. The van der Waals surface area contributed by atoms with Gasteiger partial charge in [0, 0.05) is 35.8 Å². The maximum absolute atomic E-state index is 9.09. The molecule has 0 spiro atoms. The Bertz CT molecular complexity index is 530. The summed E-state index contributed by atoms with van der Waals surface area (Å²) in [5.41, 5.74) is 1.90. The van der Waals surface area contributed by atoms with E-state index in [4.69, 9.17) is 5.11 Å². The summed E-state index contributed by atoms with van der Waals surface area (Å²) in [6.07, 6.45) is 4.28. The first-order valence-electron chi connectivity index (χ1n) is 6.38. The van der Waals surface area contributed by atoms with Gasteiger partial charge in [-0.1, -0.05) is 6.92 Å². The highest BCUT2D eigenvalue weighted by atomic mass is 16.3. The van der Waals surface area contributed by atoms with E-state index in [0.717, 1.165) is 23.5 Å². The van der Waals surface area contributed by atoms with Crippen molar-refractivity contribution in [3.8, 4) is 11.4 Å². The van der Waals surface area contributed by atoms with Gasteiger partial charge in [-0.05, 0) is 25.5 Å². The summed E-state index contributed by atoms with van der Waals surface area (Å²) >= 11 is 0. The summed E-state index contributed by atoms with van der Waals surface area (Å²) in [5.74, 6) is 1.41. The van der Waals surface area contributed by atoms with Crippen LogP contribution in [0.15, 0.2) is 30.6 Å². The van der Waals surface area contributed by atoms with E-state index in [9.17, 15) is 0 Å². The quantitative estimate of drug-likeness (QED) is 0.857. The Morgan fingerprint density at radius 2 is 2.00 bits per heavy atom. The van der Waals surface area contributed by atoms with Gasteiger partial charge in [0.05, 0.1) is 6.61 Å². The molecule has 2 aromatic rings. The van der Waals surface area contributed by atoms with Crippen LogP contribution in [0, 0.1) is 0 Å². The van der Waals surface area contributed by atoms with Crippen molar-refractivity contribution in [2.75, 3.05) is 11.9 Å². The van der Waals surface area contributed by atoms with Gasteiger partial charge >= 0.3 is 0 Å². The molecule has 0 aliphatic carbocycles. The first-order valence-corrected chi connectivity index (χ1v) is 6.38. The third-order valence-electron chi connectivity index (χ3n) is 2.75. The summed E-state index contributed by atoms with van der Waals surface area (Å²) < 4.78 is 0. The second-order valence-electron chi connectivity index (χ2n) is 4.39. The lowest BCUT2D eigenvalue weighted by atomic mass is 10.2. The van der Waals surface area contributed by atoms with E-state index in [-0.39, 0.29) is 12.6 Å². The lowest BCUT2D eigenvalue weighted by Crippen LogP contribution is -2.20. The topological polar surface area (TPSA) is 70.9 Å². The van der Waals surface area contributed by atoms with E-state index in [2.05, 4.69) is 27.2 Å². The fourth-order valence-corrected chi connectivity index (χ4v) is 1.68. The molecule has 5 nitrogen and oxygen atoms in total. The molecule has 0 bridgehead atoms. The Balaban J connectivity index is 2.36. The van der Waals surface area contributed by atoms with Gasteiger partial charge in [-0.2, -0.15) is 0 Å². The maximum atomic E-state index is 9.09. The molecule has 0 aromatic carbocycles. The van der Waals surface area contributed by atoms with Gasteiger partial charge < -0.3 is 10.4 Å². The second-order valence-corrected chi connectivity index (χ2v) is 4.39. The molecule has 0 saturated carbocycles. The van der Waals surface area contributed by atoms with Crippen molar-refractivity contribution in [3.63, 3.8) is 0 Å². The van der Waals surface area contributed by atoms with Crippen LogP contribution in [0.5, 0.6) is 0 Å². The van der Waals surface area contributed by atoms with E-state index in [0.29, 0.717) is 5.82 Å². The van der Waals surface area contributed by atoms with E-state index in [1.807, 2.05) is 25.1 Å². The average molecular weight is 258 g/mol. The molecular formula is C14H18N4O. The molecule has 0 aliphatic heterocycles. The monoisotopic (exact) mass is 258 g/mol.